The Labute approximate surface area is 146 Å². The highest BCUT2D eigenvalue weighted by Gasteiger charge is 2.24. The maximum atomic E-state index is 12.2. The van der Waals surface area contributed by atoms with E-state index in [9.17, 15) is 9.59 Å². The van der Waals surface area contributed by atoms with Gasteiger partial charge in [0.25, 0.3) is 0 Å². The zero-order chi connectivity index (χ0) is 17.6. The SMILES string of the molecule is COc1ccc(CNC(=O)Nc2ccccc2N2CCCC2=O)cc1. The van der Waals surface area contributed by atoms with E-state index in [0.717, 1.165) is 23.4 Å². The third-order valence-electron chi connectivity index (χ3n) is 4.13. The lowest BCUT2D eigenvalue weighted by atomic mass is 10.2. The first-order valence-corrected chi connectivity index (χ1v) is 8.24. The number of ether oxygens (including phenoxy) is 1. The summed E-state index contributed by atoms with van der Waals surface area (Å²) in [5.41, 5.74) is 2.34. The second-order valence-electron chi connectivity index (χ2n) is 5.82. The monoisotopic (exact) mass is 339 g/mol. The fraction of sp³-hybridized carbons (Fsp3) is 0.263. The standard InChI is InChI=1S/C19H21N3O3/c1-25-15-10-8-14(9-11-15)13-20-19(24)21-16-5-2-3-6-17(16)22-12-4-7-18(22)23/h2-3,5-6,8-11H,4,7,12-13H2,1H3,(H2,20,21,24). The minimum Gasteiger partial charge on any atom is -0.497 e. The molecule has 0 unspecified atom stereocenters. The number of methoxy groups -OCH3 is 1. The van der Waals surface area contributed by atoms with Crippen LogP contribution in [-0.4, -0.2) is 25.6 Å². The first-order valence-electron chi connectivity index (χ1n) is 8.24. The molecule has 3 rings (SSSR count). The van der Waals surface area contributed by atoms with E-state index in [0.29, 0.717) is 25.2 Å². The smallest absolute Gasteiger partial charge is 0.319 e. The van der Waals surface area contributed by atoms with Gasteiger partial charge in [-0.15, -0.1) is 0 Å². The molecule has 1 aliphatic heterocycles. The molecule has 2 N–H and O–H groups in total. The molecule has 2 aromatic rings. The number of amides is 3. The average Bonchev–Trinajstić information content (AvgIpc) is 3.07. The normalized spacial score (nSPS) is 13.6. The van der Waals surface area contributed by atoms with Gasteiger partial charge in [-0.05, 0) is 36.2 Å². The summed E-state index contributed by atoms with van der Waals surface area (Å²) in [6.45, 7) is 1.09. The largest absolute Gasteiger partial charge is 0.497 e. The van der Waals surface area contributed by atoms with Crippen molar-refractivity contribution in [1.82, 2.24) is 5.32 Å². The highest BCUT2D eigenvalue weighted by atomic mass is 16.5. The highest BCUT2D eigenvalue weighted by Crippen LogP contribution is 2.29. The van der Waals surface area contributed by atoms with Gasteiger partial charge in [0.15, 0.2) is 0 Å². The topological polar surface area (TPSA) is 70.7 Å². The number of carbonyl (C=O) groups excluding carboxylic acids is 2. The van der Waals surface area contributed by atoms with Crippen LogP contribution in [0.25, 0.3) is 0 Å². The molecule has 130 valence electrons. The van der Waals surface area contributed by atoms with E-state index in [1.807, 2.05) is 42.5 Å². The van der Waals surface area contributed by atoms with Crippen LogP contribution in [0.3, 0.4) is 0 Å². The van der Waals surface area contributed by atoms with Crippen molar-refractivity contribution >= 4 is 23.3 Å². The van der Waals surface area contributed by atoms with Crippen LogP contribution >= 0.6 is 0 Å². The van der Waals surface area contributed by atoms with E-state index < -0.39 is 0 Å². The van der Waals surface area contributed by atoms with Crippen molar-refractivity contribution in [3.63, 3.8) is 0 Å². The van der Waals surface area contributed by atoms with Crippen molar-refractivity contribution in [2.45, 2.75) is 19.4 Å². The number of benzene rings is 2. The van der Waals surface area contributed by atoms with Gasteiger partial charge < -0.3 is 20.3 Å². The predicted molar refractivity (Wildman–Crippen MR) is 96.9 cm³/mol. The van der Waals surface area contributed by atoms with Crippen LogP contribution in [0.2, 0.25) is 0 Å². The highest BCUT2D eigenvalue weighted by molar-refractivity contribution is 6.01. The number of hydrogen-bond acceptors (Lipinski definition) is 3. The molecule has 0 aliphatic carbocycles. The summed E-state index contributed by atoms with van der Waals surface area (Å²) in [4.78, 5) is 25.9. The van der Waals surface area contributed by atoms with Crippen molar-refractivity contribution in [1.29, 1.82) is 0 Å². The number of nitrogens with one attached hydrogen (secondary N) is 2. The summed E-state index contributed by atoms with van der Waals surface area (Å²) in [6.07, 6.45) is 1.40. The number of anilines is 2. The lowest BCUT2D eigenvalue weighted by Gasteiger charge is -2.20. The van der Waals surface area contributed by atoms with Gasteiger partial charge >= 0.3 is 6.03 Å². The fourth-order valence-corrected chi connectivity index (χ4v) is 2.81. The lowest BCUT2D eigenvalue weighted by Crippen LogP contribution is -2.30. The van der Waals surface area contributed by atoms with Crippen LogP contribution in [0.4, 0.5) is 16.2 Å². The van der Waals surface area contributed by atoms with Gasteiger partial charge in [-0.3, -0.25) is 4.79 Å². The van der Waals surface area contributed by atoms with E-state index in [-0.39, 0.29) is 11.9 Å². The van der Waals surface area contributed by atoms with Crippen LogP contribution in [0.5, 0.6) is 5.75 Å². The van der Waals surface area contributed by atoms with Crippen molar-refractivity contribution < 1.29 is 14.3 Å². The molecule has 0 spiro atoms. The van der Waals surface area contributed by atoms with E-state index in [4.69, 9.17) is 4.74 Å². The van der Waals surface area contributed by atoms with Crippen molar-refractivity contribution in [2.24, 2.45) is 0 Å². The van der Waals surface area contributed by atoms with Crippen LogP contribution in [-0.2, 0) is 11.3 Å². The molecular formula is C19H21N3O3. The van der Waals surface area contributed by atoms with E-state index in [2.05, 4.69) is 10.6 Å². The summed E-state index contributed by atoms with van der Waals surface area (Å²) in [5, 5.41) is 5.65. The molecule has 3 amide bonds. The lowest BCUT2D eigenvalue weighted by molar-refractivity contribution is -0.117. The Bertz CT molecular complexity index is 759. The molecule has 6 nitrogen and oxygen atoms in total. The first-order chi connectivity index (χ1) is 12.2. The molecule has 0 bridgehead atoms. The Hall–Kier alpha value is -3.02. The number of para-hydroxylation sites is 2. The summed E-state index contributed by atoms with van der Waals surface area (Å²) in [6, 6.07) is 14.5. The Morgan fingerprint density at radius 3 is 2.60 bits per heavy atom. The maximum Gasteiger partial charge on any atom is 0.319 e. The van der Waals surface area contributed by atoms with E-state index in [1.165, 1.54) is 0 Å². The molecule has 2 aromatic carbocycles. The molecule has 0 saturated carbocycles. The van der Waals surface area contributed by atoms with Gasteiger partial charge in [0.2, 0.25) is 5.91 Å². The van der Waals surface area contributed by atoms with Gasteiger partial charge in [0.05, 0.1) is 18.5 Å². The van der Waals surface area contributed by atoms with E-state index in [1.54, 1.807) is 18.1 Å². The number of nitrogens with zero attached hydrogens (tertiary/aromatic N) is 1. The van der Waals surface area contributed by atoms with Gasteiger partial charge in [-0.25, -0.2) is 4.79 Å². The maximum absolute atomic E-state index is 12.2. The summed E-state index contributed by atoms with van der Waals surface area (Å²) >= 11 is 0. The van der Waals surface area contributed by atoms with Crippen LogP contribution in [0.15, 0.2) is 48.5 Å². The molecule has 0 atom stereocenters. The Kier molecular flexibility index (Phi) is 5.18. The molecule has 1 aliphatic rings. The Balaban J connectivity index is 1.62. The number of hydrogen-bond donors (Lipinski definition) is 2. The number of carbonyl (C=O) groups is 2. The molecule has 0 aromatic heterocycles. The zero-order valence-corrected chi connectivity index (χ0v) is 14.1. The molecule has 1 heterocycles. The fourth-order valence-electron chi connectivity index (χ4n) is 2.81. The Morgan fingerprint density at radius 1 is 1.16 bits per heavy atom. The quantitative estimate of drug-likeness (QED) is 0.879. The number of rotatable bonds is 5. The zero-order valence-electron chi connectivity index (χ0n) is 14.1. The Morgan fingerprint density at radius 2 is 1.92 bits per heavy atom. The molecular weight excluding hydrogens is 318 g/mol. The van der Waals surface area contributed by atoms with Gasteiger partial charge in [-0.2, -0.15) is 0 Å². The molecule has 0 radical (unpaired) electrons. The van der Waals surface area contributed by atoms with Gasteiger partial charge in [0.1, 0.15) is 5.75 Å². The van der Waals surface area contributed by atoms with Crippen LogP contribution < -0.4 is 20.3 Å². The summed E-state index contributed by atoms with van der Waals surface area (Å²) < 4.78 is 5.11. The second kappa shape index (κ2) is 7.70. The molecule has 25 heavy (non-hydrogen) atoms. The average molecular weight is 339 g/mol. The minimum absolute atomic E-state index is 0.0906. The van der Waals surface area contributed by atoms with Crippen LogP contribution in [0, 0.1) is 0 Å². The van der Waals surface area contributed by atoms with Crippen molar-refractivity contribution in [2.75, 3.05) is 23.9 Å². The first kappa shape index (κ1) is 16.8. The van der Waals surface area contributed by atoms with Gasteiger partial charge in [0, 0.05) is 19.5 Å². The van der Waals surface area contributed by atoms with Crippen molar-refractivity contribution in [3.8, 4) is 5.75 Å². The van der Waals surface area contributed by atoms with Crippen LogP contribution in [0.1, 0.15) is 18.4 Å². The number of urea groups is 1. The predicted octanol–water partition coefficient (Wildman–Crippen LogP) is 3.14. The third kappa shape index (κ3) is 4.09. The summed E-state index contributed by atoms with van der Waals surface area (Å²) in [5.74, 6) is 0.866. The molecule has 1 saturated heterocycles. The van der Waals surface area contributed by atoms with Crippen molar-refractivity contribution in [3.05, 3.63) is 54.1 Å². The molecule has 1 fully saturated rings. The van der Waals surface area contributed by atoms with E-state index >= 15 is 0 Å². The second-order valence-corrected chi connectivity index (χ2v) is 5.82. The molecule has 6 heteroatoms. The third-order valence-corrected chi connectivity index (χ3v) is 4.13. The van der Waals surface area contributed by atoms with Gasteiger partial charge in [-0.1, -0.05) is 24.3 Å². The minimum atomic E-state index is -0.310. The summed E-state index contributed by atoms with van der Waals surface area (Å²) in [7, 11) is 1.61.